The van der Waals surface area contributed by atoms with Gasteiger partial charge < -0.3 is 9.84 Å². The predicted molar refractivity (Wildman–Crippen MR) is 77.7 cm³/mol. The van der Waals surface area contributed by atoms with Crippen molar-refractivity contribution in [3.05, 3.63) is 35.9 Å². The molecule has 1 fully saturated rings. The number of unbranched alkanes of at least 4 members (excludes halogenated alkanes) is 1. The van der Waals surface area contributed by atoms with Gasteiger partial charge in [-0.3, -0.25) is 9.69 Å². The molecule has 0 aliphatic carbocycles. The number of carbonyl (C=O) groups is 1. The summed E-state index contributed by atoms with van der Waals surface area (Å²) in [5.41, 5.74) is 1.22. The Morgan fingerprint density at radius 1 is 1.30 bits per heavy atom. The van der Waals surface area contributed by atoms with Gasteiger partial charge in [0, 0.05) is 19.5 Å². The fourth-order valence-electron chi connectivity index (χ4n) is 2.69. The molecule has 2 atom stereocenters. The van der Waals surface area contributed by atoms with Gasteiger partial charge in [-0.25, -0.2) is 0 Å². The smallest absolute Gasteiger partial charge is 0.303 e. The van der Waals surface area contributed by atoms with Crippen LogP contribution in [0.4, 0.5) is 0 Å². The summed E-state index contributed by atoms with van der Waals surface area (Å²) >= 11 is 0. The van der Waals surface area contributed by atoms with Gasteiger partial charge in [-0.1, -0.05) is 30.3 Å². The first kappa shape index (κ1) is 15.0. The molecular formula is C16H23NO3. The van der Waals surface area contributed by atoms with Crippen molar-refractivity contribution < 1.29 is 14.6 Å². The van der Waals surface area contributed by atoms with Crippen molar-refractivity contribution in [2.24, 2.45) is 0 Å². The van der Waals surface area contributed by atoms with E-state index in [0.717, 1.165) is 32.5 Å². The van der Waals surface area contributed by atoms with Crippen molar-refractivity contribution in [3.8, 4) is 0 Å². The zero-order chi connectivity index (χ0) is 14.4. The second-order valence-corrected chi connectivity index (χ2v) is 5.46. The highest BCUT2D eigenvalue weighted by Crippen LogP contribution is 2.25. The molecule has 0 spiro atoms. The third-order valence-corrected chi connectivity index (χ3v) is 3.62. The van der Waals surface area contributed by atoms with Gasteiger partial charge >= 0.3 is 5.97 Å². The highest BCUT2D eigenvalue weighted by atomic mass is 16.5. The first-order valence-corrected chi connectivity index (χ1v) is 7.29. The minimum Gasteiger partial charge on any atom is -0.481 e. The topological polar surface area (TPSA) is 49.8 Å². The van der Waals surface area contributed by atoms with E-state index in [4.69, 9.17) is 9.84 Å². The summed E-state index contributed by atoms with van der Waals surface area (Å²) in [5.74, 6) is -0.706. The number of morpholine rings is 1. The summed E-state index contributed by atoms with van der Waals surface area (Å²) in [5, 5.41) is 8.65. The van der Waals surface area contributed by atoms with E-state index in [1.165, 1.54) is 5.56 Å². The molecule has 20 heavy (non-hydrogen) atoms. The number of hydrogen-bond donors (Lipinski definition) is 1. The first-order valence-electron chi connectivity index (χ1n) is 7.29. The van der Waals surface area contributed by atoms with E-state index in [1.807, 2.05) is 18.2 Å². The summed E-state index contributed by atoms with van der Waals surface area (Å²) < 4.78 is 6.01. The normalized spacial score (nSPS) is 23.6. The molecule has 4 nitrogen and oxygen atoms in total. The maximum Gasteiger partial charge on any atom is 0.303 e. The van der Waals surface area contributed by atoms with Gasteiger partial charge in [-0.15, -0.1) is 0 Å². The molecule has 1 N–H and O–H groups in total. The largest absolute Gasteiger partial charge is 0.481 e. The van der Waals surface area contributed by atoms with Crippen LogP contribution in [0.15, 0.2) is 30.3 Å². The minimum atomic E-state index is -0.706. The Labute approximate surface area is 120 Å². The first-order chi connectivity index (χ1) is 9.65. The van der Waals surface area contributed by atoms with Gasteiger partial charge in [0.05, 0.1) is 12.2 Å². The Morgan fingerprint density at radius 3 is 2.75 bits per heavy atom. The third kappa shape index (κ3) is 4.62. The van der Waals surface area contributed by atoms with E-state index >= 15 is 0 Å². The molecule has 1 aromatic carbocycles. The molecule has 0 radical (unpaired) electrons. The minimum absolute atomic E-state index is 0.124. The van der Waals surface area contributed by atoms with Gasteiger partial charge in [0.25, 0.3) is 0 Å². The van der Waals surface area contributed by atoms with Crippen molar-refractivity contribution in [3.63, 3.8) is 0 Å². The number of rotatable bonds is 6. The highest BCUT2D eigenvalue weighted by molar-refractivity contribution is 5.66. The van der Waals surface area contributed by atoms with Gasteiger partial charge in [-0.2, -0.15) is 0 Å². The molecule has 110 valence electrons. The lowest BCUT2D eigenvalue weighted by Crippen LogP contribution is -2.43. The number of nitrogens with zero attached hydrogens (tertiary/aromatic N) is 1. The van der Waals surface area contributed by atoms with Crippen LogP contribution >= 0.6 is 0 Å². The van der Waals surface area contributed by atoms with Crippen molar-refractivity contribution in [1.82, 2.24) is 4.90 Å². The highest BCUT2D eigenvalue weighted by Gasteiger charge is 2.25. The van der Waals surface area contributed by atoms with Crippen molar-refractivity contribution in [1.29, 1.82) is 0 Å². The fraction of sp³-hybridized carbons (Fsp3) is 0.562. The Balaban J connectivity index is 1.83. The third-order valence-electron chi connectivity index (χ3n) is 3.62. The average Bonchev–Trinajstić information content (AvgIpc) is 2.44. The number of ether oxygens (including phenoxy) is 1. The van der Waals surface area contributed by atoms with Crippen LogP contribution in [-0.2, 0) is 9.53 Å². The van der Waals surface area contributed by atoms with E-state index in [-0.39, 0.29) is 18.6 Å². The lowest BCUT2D eigenvalue weighted by Gasteiger charge is -2.37. The van der Waals surface area contributed by atoms with E-state index < -0.39 is 5.97 Å². The van der Waals surface area contributed by atoms with Crippen LogP contribution < -0.4 is 0 Å². The molecule has 1 aliphatic heterocycles. The molecule has 2 rings (SSSR count). The van der Waals surface area contributed by atoms with Crippen LogP contribution in [0.2, 0.25) is 0 Å². The van der Waals surface area contributed by atoms with Gasteiger partial charge in [0.15, 0.2) is 0 Å². The Hall–Kier alpha value is -1.39. The summed E-state index contributed by atoms with van der Waals surface area (Å²) in [6.45, 7) is 4.86. The SMILES string of the molecule is CC1CN(CCCCC(=O)O)CC(c2ccccc2)O1. The summed E-state index contributed by atoms with van der Waals surface area (Å²) in [6.07, 6.45) is 2.28. The number of hydrogen-bond acceptors (Lipinski definition) is 3. The number of aliphatic carboxylic acids is 1. The predicted octanol–water partition coefficient (Wildman–Crippen LogP) is 2.70. The summed E-state index contributed by atoms with van der Waals surface area (Å²) in [6, 6.07) is 10.3. The molecule has 4 heteroatoms. The molecule has 0 aromatic heterocycles. The Morgan fingerprint density at radius 2 is 2.05 bits per heavy atom. The van der Waals surface area contributed by atoms with E-state index in [1.54, 1.807) is 0 Å². The molecule has 1 heterocycles. The van der Waals surface area contributed by atoms with Crippen LogP contribution in [0.25, 0.3) is 0 Å². The van der Waals surface area contributed by atoms with Gasteiger partial charge in [0.1, 0.15) is 0 Å². The van der Waals surface area contributed by atoms with Gasteiger partial charge in [-0.05, 0) is 31.9 Å². The zero-order valence-corrected chi connectivity index (χ0v) is 12.0. The maximum absolute atomic E-state index is 10.5. The van der Waals surface area contributed by atoms with Crippen LogP contribution in [0.5, 0.6) is 0 Å². The van der Waals surface area contributed by atoms with E-state index in [9.17, 15) is 4.79 Å². The monoisotopic (exact) mass is 277 g/mol. The van der Waals surface area contributed by atoms with Crippen LogP contribution in [0.3, 0.4) is 0 Å². The molecule has 1 saturated heterocycles. The van der Waals surface area contributed by atoms with Crippen LogP contribution in [0, 0.1) is 0 Å². The van der Waals surface area contributed by atoms with Crippen LogP contribution in [-0.4, -0.2) is 41.7 Å². The zero-order valence-electron chi connectivity index (χ0n) is 12.0. The lowest BCUT2D eigenvalue weighted by atomic mass is 10.1. The van der Waals surface area contributed by atoms with Crippen molar-refractivity contribution >= 4 is 5.97 Å². The molecule has 0 saturated carbocycles. The second-order valence-electron chi connectivity index (χ2n) is 5.46. The van der Waals surface area contributed by atoms with Crippen molar-refractivity contribution in [2.45, 2.75) is 38.4 Å². The molecule has 1 aromatic rings. The van der Waals surface area contributed by atoms with Gasteiger partial charge in [0.2, 0.25) is 0 Å². The fourth-order valence-corrected chi connectivity index (χ4v) is 2.69. The molecule has 0 bridgehead atoms. The van der Waals surface area contributed by atoms with Crippen molar-refractivity contribution in [2.75, 3.05) is 19.6 Å². The second kappa shape index (κ2) is 7.41. The molecule has 0 amide bonds. The van der Waals surface area contributed by atoms with Crippen LogP contribution in [0.1, 0.15) is 37.9 Å². The number of carboxylic acid groups (broad SMARTS) is 1. The summed E-state index contributed by atoms with van der Waals surface area (Å²) in [4.78, 5) is 12.9. The Kier molecular flexibility index (Phi) is 5.56. The number of benzene rings is 1. The number of carboxylic acids is 1. The quantitative estimate of drug-likeness (QED) is 0.812. The maximum atomic E-state index is 10.5. The Bertz CT molecular complexity index is 421. The lowest BCUT2D eigenvalue weighted by molar-refractivity contribution is -0.137. The molecular weight excluding hydrogens is 254 g/mol. The summed E-state index contributed by atoms with van der Waals surface area (Å²) in [7, 11) is 0. The standard InChI is InChI=1S/C16H23NO3/c1-13-11-17(10-6-5-9-16(18)19)12-15(20-13)14-7-3-2-4-8-14/h2-4,7-8,13,15H,5-6,9-12H2,1H3,(H,18,19). The van der Waals surface area contributed by atoms with E-state index in [2.05, 4.69) is 24.0 Å². The average molecular weight is 277 g/mol. The molecule has 2 unspecified atom stereocenters. The van der Waals surface area contributed by atoms with E-state index in [0.29, 0.717) is 0 Å². The molecule has 1 aliphatic rings.